The number of hydrogen-bond donors (Lipinski definition) is 1. The van der Waals surface area contributed by atoms with Crippen LogP contribution in [0.25, 0.3) is 0 Å². The van der Waals surface area contributed by atoms with Crippen LogP contribution in [0.5, 0.6) is 0 Å². The first-order chi connectivity index (χ1) is 5.89. The van der Waals surface area contributed by atoms with Gasteiger partial charge < -0.3 is 10.5 Å². The summed E-state index contributed by atoms with van der Waals surface area (Å²) in [5.74, 6) is 0. The van der Waals surface area contributed by atoms with Gasteiger partial charge in [0.05, 0.1) is 12.6 Å². The van der Waals surface area contributed by atoms with E-state index in [0.29, 0.717) is 0 Å². The third kappa shape index (κ3) is 6.80. The lowest BCUT2D eigenvalue weighted by atomic mass is 10.3. The highest BCUT2D eigenvalue weighted by molar-refractivity contribution is 4.66. The van der Waals surface area contributed by atoms with Crippen LogP contribution in [0, 0.1) is 0 Å². The molecule has 0 saturated carbocycles. The maximum absolute atomic E-state index is 11.9. The third-order valence-electron chi connectivity index (χ3n) is 1.56. The van der Waals surface area contributed by atoms with E-state index in [-0.39, 0.29) is 19.2 Å². The first kappa shape index (κ1) is 12.7. The summed E-state index contributed by atoms with van der Waals surface area (Å²) >= 11 is 0. The van der Waals surface area contributed by atoms with Gasteiger partial charge in [-0.05, 0) is 7.05 Å². The summed E-state index contributed by atoms with van der Waals surface area (Å²) < 4.78 is 40.4. The Morgan fingerprint density at radius 1 is 1.46 bits per heavy atom. The standard InChI is InChI=1S/C7H15F3N2O/c1-12(5-7(8,9)10)4-6(3-11)13-2/h6H,3-5,11H2,1-2H3. The second kappa shape index (κ2) is 5.41. The van der Waals surface area contributed by atoms with Crippen LogP contribution in [-0.2, 0) is 4.74 Å². The van der Waals surface area contributed by atoms with Gasteiger partial charge in [0.15, 0.2) is 0 Å². The summed E-state index contributed by atoms with van der Waals surface area (Å²) in [4.78, 5) is 1.14. The Labute approximate surface area is 75.6 Å². The Morgan fingerprint density at radius 3 is 2.31 bits per heavy atom. The second-order valence-electron chi connectivity index (χ2n) is 2.91. The van der Waals surface area contributed by atoms with Crippen molar-refractivity contribution in [3.63, 3.8) is 0 Å². The number of hydrogen-bond acceptors (Lipinski definition) is 3. The van der Waals surface area contributed by atoms with Crippen LogP contribution >= 0.6 is 0 Å². The van der Waals surface area contributed by atoms with E-state index < -0.39 is 12.7 Å². The highest BCUT2D eigenvalue weighted by atomic mass is 19.4. The lowest BCUT2D eigenvalue weighted by molar-refractivity contribution is -0.145. The summed E-state index contributed by atoms with van der Waals surface area (Å²) in [6.45, 7) is -0.530. The van der Waals surface area contributed by atoms with Gasteiger partial charge in [-0.1, -0.05) is 0 Å². The molecule has 80 valence electrons. The molecule has 13 heavy (non-hydrogen) atoms. The van der Waals surface area contributed by atoms with Gasteiger partial charge in [0.25, 0.3) is 0 Å². The molecule has 0 amide bonds. The molecule has 0 saturated heterocycles. The Hall–Kier alpha value is -0.330. The highest BCUT2D eigenvalue weighted by Gasteiger charge is 2.29. The molecule has 0 heterocycles. The van der Waals surface area contributed by atoms with Crippen molar-refractivity contribution in [1.29, 1.82) is 0 Å². The lowest BCUT2D eigenvalue weighted by Gasteiger charge is -2.22. The van der Waals surface area contributed by atoms with E-state index in [9.17, 15) is 13.2 Å². The van der Waals surface area contributed by atoms with Gasteiger partial charge in [0.2, 0.25) is 0 Å². The van der Waals surface area contributed by atoms with Crippen molar-refractivity contribution in [2.24, 2.45) is 5.73 Å². The lowest BCUT2D eigenvalue weighted by Crippen LogP contribution is -2.40. The molecule has 0 aliphatic carbocycles. The van der Waals surface area contributed by atoms with Crippen LogP contribution in [0.3, 0.4) is 0 Å². The SMILES string of the molecule is COC(CN)CN(C)CC(F)(F)F. The fourth-order valence-electron chi connectivity index (χ4n) is 0.964. The number of ether oxygens (including phenoxy) is 1. The summed E-state index contributed by atoms with van der Waals surface area (Å²) in [7, 11) is 2.81. The Bertz CT molecular complexity index is 136. The largest absolute Gasteiger partial charge is 0.401 e. The van der Waals surface area contributed by atoms with Gasteiger partial charge >= 0.3 is 6.18 Å². The van der Waals surface area contributed by atoms with E-state index in [4.69, 9.17) is 10.5 Å². The molecule has 1 unspecified atom stereocenters. The van der Waals surface area contributed by atoms with Gasteiger partial charge in [-0.2, -0.15) is 13.2 Å². The minimum absolute atomic E-state index is 0.187. The minimum atomic E-state index is -4.17. The average molecular weight is 200 g/mol. The molecule has 0 aliphatic rings. The van der Waals surface area contributed by atoms with Crippen LogP contribution in [-0.4, -0.2) is 51.0 Å². The topological polar surface area (TPSA) is 38.5 Å². The molecule has 0 aromatic carbocycles. The normalized spacial score (nSPS) is 15.0. The van der Waals surface area contributed by atoms with Crippen LogP contribution in [0.15, 0.2) is 0 Å². The number of rotatable bonds is 5. The van der Waals surface area contributed by atoms with E-state index in [2.05, 4.69) is 0 Å². The zero-order valence-electron chi connectivity index (χ0n) is 7.77. The molecule has 0 fully saturated rings. The molecule has 0 aromatic heterocycles. The first-order valence-electron chi connectivity index (χ1n) is 3.87. The number of likely N-dealkylation sites (N-methyl/N-ethyl adjacent to an activating group) is 1. The number of nitrogens with zero attached hydrogens (tertiary/aromatic N) is 1. The van der Waals surface area contributed by atoms with Crippen LogP contribution < -0.4 is 5.73 Å². The van der Waals surface area contributed by atoms with E-state index in [1.807, 2.05) is 0 Å². The zero-order valence-corrected chi connectivity index (χ0v) is 7.77. The van der Waals surface area contributed by atoms with Crippen molar-refractivity contribution in [1.82, 2.24) is 4.90 Å². The van der Waals surface area contributed by atoms with Gasteiger partial charge in [0, 0.05) is 20.2 Å². The van der Waals surface area contributed by atoms with Gasteiger partial charge in [-0.15, -0.1) is 0 Å². The summed E-state index contributed by atoms with van der Waals surface area (Å²) in [6, 6.07) is 0. The minimum Gasteiger partial charge on any atom is -0.379 e. The maximum Gasteiger partial charge on any atom is 0.401 e. The Morgan fingerprint density at radius 2 is 2.00 bits per heavy atom. The van der Waals surface area contributed by atoms with Crippen molar-refractivity contribution < 1.29 is 17.9 Å². The number of nitrogens with two attached hydrogens (primary N) is 1. The van der Waals surface area contributed by atoms with Crippen LogP contribution in [0.1, 0.15) is 0 Å². The Balaban J connectivity index is 3.79. The van der Waals surface area contributed by atoms with E-state index in [1.165, 1.54) is 14.2 Å². The van der Waals surface area contributed by atoms with Crippen molar-refractivity contribution in [2.75, 3.05) is 33.8 Å². The predicted molar refractivity (Wildman–Crippen MR) is 43.4 cm³/mol. The molecule has 0 rings (SSSR count). The van der Waals surface area contributed by atoms with Crippen LogP contribution in [0.4, 0.5) is 13.2 Å². The first-order valence-corrected chi connectivity index (χ1v) is 3.87. The number of methoxy groups -OCH3 is 1. The molecule has 0 spiro atoms. The van der Waals surface area contributed by atoms with Crippen molar-refractivity contribution >= 4 is 0 Å². The number of alkyl halides is 3. The zero-order chi connectivity index (χ0) is 10.5. The smallest absolute Gasteiger partial charge is 0.379 e. The van der Waals surface area contributed by atoms with Crippen molar-refractivity contribution in [2.45, 2.75) is 12.3 Å². The quantitative estimate of drug-likeness (QED) is 0.700. The summed E-state index contributed by atoms with van der Waals surface area (Å²) in [5.41, 5.74) is 5.26. The van der Waals surface area contributed by atoms with E-state index >= 15 is 0 Å². The highest BCUT2D eigenvalue weighted by Crippen LogP contribution is 2.15. The van der Waals surface area contributed by atoms with Crippen molar-refractivity contribution in [3.05, 3.63) is 0 Å². The van der Waals surface area contributed by atoms with Crippen LogP contribution in [0.2, 0.25) is 0 Å². The molecular weight excluding hydrogens is 185 g/mol. The molecule has 3 nitrogen and oxygen atoms in total. The fraction of sp³-hybridized carbons (Fsp3) is 1.00. The van der Waals surface area contributed by atoms with Crippen molar-refractivity contribution in [3.8, 4) is 0 Å². The molecule has 0 radical (unpaired) electrons. The van der Waals surface area contributed by atoms with E-state index in [0.717, 1.165) is 4.90 Å². The third-order valence-corrected chi connectivity index (χ3v) is 1.56. The molecule has 0 bridgehead atoms. The van der Waals surface area contributed by atoms with Gasteiger partial charge in [0.1, 0.15) is 0 Å². The maximum atomic E-state index is 11.9. The Kier molecular flexibility index (Phi) is 5.27. The molecule has 0 aliphatic heterocycles. The summed E-state index contributed by atoms with van der Waals surface area (Å²) in [6.07, 6.45) is -4.51. The molecule has 0 aromatic rings. The monoisotopic (exact) mass is 200 g/mol. The molecule has 1 atom stereocenters. The average Bonchev–Trinajstić information content (AvgIpc) is 1.96. The molecule has 2 N–H and O–H groups in total. The van der Waals surface area contributed by atoms with E-state index in [1.54, 1.807) is 0 Å². The summed E-state index contributed by atoms with van der Waals surface area (Å²) in [5, 5.41) is 0. The van der Waals surface area contributed by atoms with Gasteiger partial charge in [-0.3, -0.25) is 4.90 Å². The molecule has 6 heteroatoms. The van der Waals surface area contributed by atoms with Gasteiger partial charge in [-0.25, -0.2) is 0 Å². The number of halogens is 3. The molecular formula is C7H15F3N2O. The predicted octanol–water partition coefficient (Wildman–Crippen LogP) is 0.454. The fourth-order valence-corrected chi connectivity index (χ4v) is 0.964. The second-order valence-corrected chi connectivity index (χ2v) is 2.91.